The van der Waals surface area contributed by atoms with Crippen LogP contribution >= 0.6 is 0 Å². The van der Waals surface area contributed by atoms with Crippen LogP contribution < -0.4 is 5.32 Å². The topological polar surface area (TPSA) is 34.1 Å². The van der Waals surface area contributed by atoms with Crippen LogP contribution in [0.5, 0.6) is 0 Å². The van der Waals surface area contributed by atoms with Gasteiger partial charge in [-0.1, -0.05) is 42.0 Å². The molecule has 2 heterocycles. The van der Waals surface area contributed by atoms with E-state index in [1.54, 1.807) is 5.57 Å². The summed E-state index contributed by atoms with van der Waals surface area (Å²) >= 11 is 0. The molecule has 0 radical (unpaired) electrons. The minimum Gasteiger partial charge on any atom is -0.357 e. The van der Waals surface area contributed by atoms with Crippen molar-refractivity contribution < 1.29 is 0 Å². The van der Waals surface area contributed by atoms with E-state index in [9.17, 15) is 0 Å². The van der Waals surface area contributed by atoms with Crippen LogP contribution in [0.2, 0.25) is 0 Å². The van der Waals surface area contributed by atoms with Crippen molar-refractivity contribution in [2.24, 2.45) is 4.99 Å². The number of rotatable bonds is 4. The zero-order chi connectivity index (χ0) is 19.1. The number of piperidine rings is 1. The molecule has 2 aliphatic heterocycles. The molecule has 27 heavy (non-hydrogen) atoms. The van der Waals surface area contributed by atoms with Gasteiger partial charge in [0.25, 0.3) is 0 Å². The van der Waals surface area contributed by atoms with Crippen molar-refractivity contribution in [2.75, 3.05) is 59.9 Å². The molecule has 1 aromatic carbocycles. The Morgan fingerprint density at radius 1 is 1.11 bits per heavy atom. The zero-order valence-electron chi connectivity index (χ0n) is 17.2. The largest absolute Gasteiger partial charge is 0.357 e. The van der Waals surface area contributed by atoms with Crippen molar-refractivity contribution in [3.05, 3.63) is 41.5 Å². The van der Waals surface area contributed by atoms with Gasteiger partial charge in [-0.2, -0.15) is 0 Å². The Morgan fingerprint density at radius 3 is 2.56 bits per heavy atom. The van der Waals surface area contributed by atoms with Gasteiger partial charge in [0, 0.05) is 45.3 Å². The smallest absolute Gasteiger partial charge is 0.193 e. The molecule has 1 N–H and O–H groups in total. The summed E-state index contributed by atoms with van der Waals surface area (Å²) in [4.78, 5) is 12.3. The van der Waals surface area contributed by atoms with Crippen LogP contribution in [0, 0.1) is 0 Å². The fraction of sp³-hybridized carbons (Fsp3) is 0.591. The summed E-state index contributed by atoms with van der Waals surface area (Å²) in [5.41, 5.74) is 2.85. The Labute approximate surface area is 164 Å². The third-order valence-corrected chi connectivity index (χ3v) is 5.64. The lowest BCUT2D eigenvalue weighted by atomic mass is 10.0. The summed E-state index contributed by atoms with van der Waals surface area (Å²) in [7, 11) is 4.43. The molecular weight excluding hydrogens is 334 g/mol. The minimum absolute atomic E-state index is 0.510. The monoisotopic (exact) mass is 369 g/mol. The molecule has 0 bridgehead atoms. The second kappa shape index (κ2) is 9.90. The lowest BCUT2D eigenvalue weighted by Gasteiger charge is -2.37. The van der Waals surface area contributed by atoms with Gasteiger partial charge < -0.3 is 15.1 Å². The predicted molar refractivity (Wildman–Crippen MR) is 115 cm³/mol. The van der Waals surface area contributed by atoms with Crippen molar-refractivity contribution in [1.82, 2.24) is 20.0 Å². The van der Waals surface area contributed by atoms with Gasteiger partial charge in [0.15, 0.2) is 5.96 Å². The van der Waals surface area contributed by atoms with E-state index in [-0.39, 0.29) is 0 Å². The van der Waals surface area contributed by atoms with Gasteiger partial charge in [-0.3, -0.25) is 9.89 Å². The number of nitrogens with zero attached hydrogens (tertiary/aromatic N) is 4. The summed E-state index contributed by atoms with van der Waals surface area (Å²) in [6.45, 7) is 9.42. The first-order valence-corrected chi connectivity index (χ1v) is 10.3. The van der Waals surface area contributed by atoms with Crippen LogP contribution in [0.25, 0.3) is 6.08 Å². The average molecular weight is 370 g/mol. The molecule has 0 saturated carbocycles. The standard InChI is InChI=1S/C22H35N5/c1-4-23-22(24-17-21-18-25(2)14-15-26(21)3)27-12-10-20(11-13-27)16-19-8-6-5-7-9-19/h5-9,16,21H,4,10-15,17-18H2,1-3H3,(H,23,24). The number of piperazine rings is 1. The fourth-order valence-electron chi connectivity index (χ4n) is 3.85. The fourth-order valence-corrected chi connectivity index (χ4v) is 3.85. The van der Waals surface area contributed by atoms with Gasteiger partial charge in [-0.05, 0) is 39.4 Å². The molecule has 1 aromatic rings. The first-order valence-electron chi connectivity index (χ1n) is 10.3. The van der Waals surface area contributed by atoms with Gasteiger partial charge in [-0.15, -0.1) is 0 Å². The van der Waals surface area contributed by atoms with E-state index >= 15 is 0 Å². The van der Waals surface area contributed by atoms with E-state index in [1.165, 1.54) is 5.56 Å². The van der Waals surface area contributed by atoms with Crippen LogP contribution in [0.4, 0.5) is 0 Å². The molecule has 2 saturated heterocycles. The Bertz CT molecular complexity index is 629. The van der Waals surface area contributed by atoms with Crippen LogP contribution in [-0.2, 0) is 0 Å². The Balaban J connectivity index is 1.58. The maximum atomic E-state index is 5.00. The Hall–Kier alpha value is -1.85. The summed E-state index contributed by atoms with van der Waals surface area (Å²) in [5.74, 6) is 1.08. The summed E-state index contributed by atoms with van der Waals surface area (Å²) < 4.78 is 0. The SMILES string of the molecule is CCNC(=NCC1CN(C)CCN1C)N1CCC(=Cc2ccccc2)CC1. The normalized spacial score (nSPS) is 22.8. The number of guanidine groups is 1. The van der Waals surface area contributed by atoms with Crippen molar-refractivity contribution in [1.29, 1.82) is 0 Å². The number of likely N-dealkylation sites (tertiary alicyclic amines) is 1. The molecule has 0 spiro atoms. The van der Waals surface area contributed by atoms with Gasteiger partial charge in [-0.25, -0.2) is 0 Å². The molecule has 1 unspecified atom stereocenters. The van der Waals surface area contributed by atoms with Crippen LogP contribution in [0.15, 0.2) is 40.9 Å². The zero-order valence-corrected chi connectivity index (χ0v) is 17.2. The van der Waals surface area contributed by atoms with Crippen molar-refractivity contribution in [3.63, 3.8) is 0 Å². The Kier molecular flexibility index (Phi) is 7.30. The van der Waals surface area contributed by atoms with E-state index < -0.39 is 0 Å². The molecule has 3 rings (SSSR count). The van der Waals surface area contributed by atoms with Gasteiger partial charge in [0.1, 0.15) is 0 Å². The van der Waals surface area contributed by atoms with E-state index in [2.05, 4.69) is 77.4 Å². The maximum absolute atomic E-state index is 5.00. The molecular formula is C22H35N5. The summed E-state index contributed by atoms with van der Waals surface area (Å²) in [6.07, 6.45) is 4.59. The number of benzene rings is 1. The van der Waals surface area contributed by atoms with Gasteiger partial charge in [0.05, 0.1) is 6.54 Å². The van der Waals surface area contributed by atoms with E-state index in [0.717, 1.165) is 64.6 Å². The second-order valence-electron chi connectivity index (χ2n) is 7.79. The molecule has 1 atom stereocenters. The molecule has 2 aliphatic rings. The van der Waals surface area contributed by atoms with Gasteiger partial charge in [0.2, 0.25) is 0 Å². The molecule has 2 fully saturated rings. The minimum atomic E-state index is 0.510. The van der Waals surface area contributed by atoms with Crippen molar-refractivity contribution in [3.8, 4) is 0 Å². The predicted octanol–water partition coefficient (Wildman–Crippen LogP) is 2.38. The van der Waals surface area contributed by atoms with Crippen LogP contribution in [0.3, 0.4) is 0 Å². The third kappa shape index (κ3) is 5.81. The lowest BCUT2D eigenvalue weighted by Crippen LogP contribution is -2.52. The van der Waals surface area contributed by atoms with E-state index in [4.69, 9.17) is 4.99 Å². The summed E-state index contributed by atoms with van der Waals surface area (Å²) in [6, 6.07) is 11.2. The number of aliphatic imine (C=N–C) groups is 1. The highest BCUT2D eigenvalue weighted by molar-refractivity contribution is 5.80. The molecule has 0 aliphatic carbocycles. The van der Waals surface area contributed by atoms with E-state index in [1.807, 2.05) is 0 Å². The highest BCUT2D eigenvalue weighted by atomic mass is 15.3. The lowest BCUT2D eigenvalue weighted by molar-refractivity contribution is 0.119. The molecule has 148 valence electrons. The van der Waals surface area contributed by atoms with Crippen LogP contribution in [0.1, 0.15) is 25.3 Å². The summed E-state index contributed by atoms with van der Waals surface area (Å²) in [5, 5.41) is 3.51. The second-order valence-corrected chi connectivity index (χ2v) is 7.79. The average Bonchev–Trinajstić information content (AvgIpc) is 2.69. The maximum Gasteiger partial charge on any atom is 0.193 e. The molecule has 5 nitrogen and oxygen atoms in total. The number of likely N-dealkylation sites (N-methyl/N-ethyl adjacent to an activating group) is 2. The highest BCUT2D eigenvalue weighted by Gasteiger charge is 2.23. The quantitative estimate of drug-likeness (QED) is 0.653. The first kappa shape index (κ1) is 19.9. The number of nitrogens with one attached hydrogen (secondary N) is 1. The molecule has 0 aromatic heterocycles. The van der Waals surface area contributed by atoms with E-state index in [0.29, 0.717) is 6.04 Å². The van der Waals surface area contributed by atoms with Crippen LogP contribution in [-0.4, -0.2) is 86.6 Å². The van der Waals surface area contributed by atoms with Gasteiger partial charge >= 0.3 is 0 Å². The third-order valence-electron chi connectivity index (χ3n) is 5.64. The Morgan fingerprint density at radius 2 is 1.85 bits per heavy atom. The number of hydrogen-bond donors (Lipinski definition) is 1. The highest BCUT2D eigenvalue weighted by Crippen LogP contribution is 2.19. The first-order chi connectivity index (χ1) is 13.2. The van der Waals surface area contributed by atoms with Crippen molar-refractivity contribution >= 4 is 12.0 Å². The number of hydrogen-bond acceptors (Lipinski definition) is 3. The van der Waals surface area contributed by atoms with Crippen molar-refractivity contribution in [2.45, 2.75) is 25.8 Å². The molecule has 5 heteroatoms. The molecule has 0 amide bonds.